The van der Waals surface area contributed by atoms with Crippen LogP contribution in [0, 0.1) is 5.92 Å². The summed E-state index contributed by atoms with van der Waals surface area (Å²) >= 11 is 0. The smallest absolute Gasteiger partial charge is 0.0220 e. The van der Waals surface area contributed by atoms with Crippen LogP contribution in [0.4, 0.5) is 0 Å². The summed E-state index contributed by atoms with van der Waals surface area (Å²) in [6.07, 6.45) is 8.32. The van der Waals surface area contributed by atoms with E-state index in [2.05, 4.69) is 36.0 Å². The summed E-state index contributed by atoms with van der Waals surface area (Å²) in [4.78, 5) is 5.33. The van der Waals surface area contributed by atoms with Crippen LogP contribution in [-0.2, 0) is 0 Å². The van der Waals surface area contributed by atoms with E-state index in [4.69, 9.17) is 0 Å². The minimum Gasteiger partial charge on any atom is -0.314 e. The molecule has 2 aliphatic rings. The molecule has 0 aromatic carbocycles. The standard InChI is InChI=1S/C17H35N3/c1-4-16-14-19(3)11-8-12-20(16)13-15-9-6-7-10-17(15)18-5-2/h15-18H,4-14H2,1-3H3. The summed E-state index contributed by atoms with van der Waals surface area (Å²) in [5.74, 6) is 0.876. The lowest BCUT2D eigenvalue weighted by Crippen LogP contribution is -2.48. The average molecular weight is 281 g/mol. The lowest BCUT2D eigenvalue weighted by molar-refractivity contribution is 0.125. The summed E-state index contributed by atoms with van der Waals surface area (Å²) in [5, 5.41) is 3.74. The number of hydrogen-bond acceptors (Lipinski definition) is 3. The molecule has 0 spiro atoms. The number of hydrogen-bond donors (Lipinski definition) is 1. The van der Waals surface area contributed by atoms with Gasteiger partial charge in [-0.3, -0.25) is 4.90 Å². The summed E-state index contributed by atoms with van der Waals surface area (Å²) in [6.45, 7) is 10.9. The summed E-state index contributed by atoms with van der Waals surface area (Å²) in [6, 6.07) is 1.54. The number of nitrogens with one attached hydrogen (secondary N) is 1. The van der Waals surface area contributed by atoms with Gasteiger partial charge < -0.3 is 10.2 Å². The Morgan fingerprint density at radius 1 is 1.05 bits per heavy atom. The van der Waals surface area contributed by atoms with E-state index < -0.39 is 0 Å². The van der Waals surface area contributed by atoms with Crippen molar-refractivity contribution in [1.82, 2.24) is 15.1 Å². The Hall–Kier alpha value is -0.120. The quantitative estimate of drug-likeness (QED) is 0.835. The Bertz CT molecular complexity index is 267. The van der Waals surface area contributed by atoms with E-state index >= 15 is 0 Å². The molecule has 118 valence electrons. The van der Waals surface area contributed by atoms with Gasteiger partial charge in [0.25, 0.3) is 0 Å². The molecule has 1 saturated heterocycles. The maximum atomic E-state index is 3.74. The molecule has 20 heavy (non-hydrogen) atoms. The Morgan fingerprint density at radius 3 is 2.60 bits per heavy atom. The molecule has 2 fully saturated rings. The van der Waals surface area contributed by atoms with Crippen LogP contribution in [0.1, 0.15) is 52.4 Å². The van der Waals surface area contributed by atoms with Gasteiger partial charge in [0.05, 0.1) is 0 Å². The number of nitrogens with zero attached hydrogens (tertiary/aromatic N) is 2. The molecule has 0 radical (unpaired) electrons. The molecule has 0 aromatic heterocycles. The first kappa shape index (κ1) is 16.3. The maximum absolute atomic E-state index is 3.74. The van der Waals surface area contributed by atoms with Gasteiger partial charge in [0.15, 0.2) is 0 Å². The van der Waals surface area contributed by atoms with E-state index in [0.717, 1.165) is 24.5 Å². The van der Waals surface area contributed by atoms with E-state index in [0.29, 0.717) is 0 Å². The first-order valence-corrected chi connectivity index (χ1v) is 8.90. The van der Waals surface area contributed by atoms with Gasteiger partial charge >= 0.3 is 0 Å². The second-order valence-corrected chi connectivity index (χ2v) is 6.88. The third kappa shape index (κ3) is 4.44. The minimum atomic E-state index is 0.770. The SMILES string of the molecule is CCNC1CCCCC1CN1CCCN(C)CC1CC. The fourth-order valence-electron chi connectivity index (χ4n) is 4.18. The molecule has 1 N–H and O–H groups in total. The lowest BCUT2D eigenvalue weighted by atomic mass is 9.83. The van der Waals surface area contributed by atoms with Crippen molar-refractivity contribution in [2.24, 2.45) is 5.92 Å². The zero-order valence-electron chi connectivity index (χ0n) is 13.9. The van der Waals surface area contributed by atoms with Gasteiger partial charge in [-0.1, -0.05) is 26.7 Å². The normalized spacial score (nSPS) is 34.0. The Morgan fingerprint density at radius 2 is 1.85 bits per heavy atom. The molecule has 1 saturated carbocycles. The molecule has 3 unspecified atom stereocenters. The van der Waals surface area contributed by atoms with Crippen LogP contribution in [0.25, 0.3) is 0 Å². The fourth-order valence-corrected chi connectivity index (χ4v) is 4.18. The third-order valence-electron chi connectivity index (χ3n) is 5.34. The van der Waals surface area contributed by atoms with E-state index in [1.165, 1.54) is 64.7 Å². The van der Waals surface area contributed by atoms with Crippen molar-refractivity contribution in [2.45, 2.75) is 64.5 Å². The molecular weight excluding hydrogens is 246 g/mol. The summed E-state index contributed by atoms with van der Waals surface area (Å²) < 4.78 is 0. The molecular formula is C17H35N3. The molecule has 1 aliphatic heterocycles. The van der Waals surface area contributed by atoms with Crippen molar-refractivity contribution < 1.29 is 0 Å². The highest BCUT2D eigenvalue weighted by Crippen LogP contribution is 2.27. The predicted molar refractivity (Wildman–Crippen MR) is 87.2 cm³/mol. The van der Waals surface area contributed by atoms with Crippen LogP contribution >= 0.6 is 0 Å². The van der Waals surface area contributed by atoms with Crippen molar-refractivity contribution in [3.63, 3.8) is 0 Å². The second-order valence-electron chi connectivity index (χ2n) is 6.88. The van der Waals surface area contributed by atoms with Gasteiger partial charge in [-0.15, -0.1) is 0 Å². The Kier molecular flexibility index (Phi) is 6.79. The Balaban J connectivity index is 1.94. The Labute approximate surface area is 126 Å². The van der Waals surface area contributed by atoms with E-state index in [1.807, 2.05) is 0 Å². The van der Waals surface area contributed by atoms with Gasteiger partial charge in [-0.05, 0) is 58.3 Å². The highest BCUT2D eigenvalue weighted by atomic mass is 15.2. The molecule has 3 atom stereocenters. The summed E-state index contributed by atoms with van der Waals surface area (Å²) in [7, 11) is 2.29. The molecule has 3 heteroatoms. The molecule has 1 heterocycles. The van der Waals surface area contributed by atoms with Crippen LogP contribution in [0.5, 0.6) is 0 Å². The van der Waals surface area contributed by atoms with Crippen molar-refractivity contribution in [2.75, 3.05) is 39.8 Å². The third-order valence-corrected chi connectivity index (χ3v) is 5.34. The highest BCUT2D eigenvalue weighted by Gasteiger charge is 2.29. The first-order chi connectivity index (χ1) is 9.74. The van der Waals surface area contributed by atoms with Crippen molar-refractivity contribution in [1.29, 1.82) is 0 Å². The molecule has 0 bridgehead atoms. The van der Waals surface area contributed by atoms with Crippen LogP contribution in [-0.4, -0.2) is 61.7 Å². The zero-order chi connectivity index (χ0) is 14.4. The number of rotatable bonds is 5. The van der Waals surface area contributed by atoms with Gasteiger partial charge in [-0.2, -0.15) is 0 Å². The first-order valence-electron chi connectivity index (χ1n) is 8.90. The lowest BCUT2D eigenvalue weighted by Gasteiger charge is -2.38. The van der Waals surface area contributed by atoms with E-state index in [9.17, 15) is 0 Å². The second kappa shape index (κ2) is 8.35. The highest BCUT2D eigenvalue weighted by molar-refractivity contribution is 4.86. The average Bonchev–Trinajstić information content (AvgIpc) is 2.63. The largest absolute Gasteiger partial charge is 0.314 e. The molecule has 2 rings (SSSR count). The van der Waals surface area contributed by atoms with E-state index in [-0.39, 0.29) is 0 Å². The van der Waals surface area contributed by atoms with Crippen molar-refractivity contribution in [3.8, 4) is 0 Å². The van der Waals surface area contributed by atoms with E-state index in [1.54, 1.807) is 0 Å². The number of likely N-dealkylation sites (N-methyl/N-ethyl adjacent to an activating group) is 1. The van der Waals surface area contributed by atoms with Crippen LogP contribution in [0.2, 0.25) is 0 Å². The zero-order valence-corrected chi connectivity index (χ0v) is 13.9. The minimum absolute atomic E-state index is 0.770. The van der Waals surface area contributed by atoms with Gasteiger partial charge in [-0.25, -0.2) is 0 Å². The summed E-state index contributed by atoms with van der Waals surface area (Å²) in [5.41, 5.74) is 0. The van der Waals surface area contributed by atoms with Crippen molar-refractivity contribution >= 4 is 0 Å². The molecule has 1 aliphatic carbocycles. The maximum Gasteiger partial charge on any atom is 0.0220 e. The monoisotopic (exact) mass is 281 g/mol. The van der Waals surface area contributed by atoms with Crippen LogP contribution in [0.3, 0.4) is 0 Å². The molecule has 0 amide bonds. The topological polar surface area (TPSA) is 18.5 Å². The van der Waals surface area contributed by atoms with Gasteiger partial charge in [0.2, 0.25) is 0 Å². The van der Waals surface area contributed by atoms with Gasteiger partial charge in [0.1, 0.15) is 0 Å². The molecule has 0 aromatic rings. The van der Waals surface area contributed by atoms with Crippen LogP contribution < -0.4 is 5.32 Å². The van der Waals surface area contributed by atoms with Gasteiger partial charge in [0, 0.05) is 25.2 Å². The fraction of sp³-hybridized carbons (Fsp3) is 1.00. The van der Waals surface area contributed by atoms with Crippen LogP contribution in [0.15, 0.2) is 0 Å². The molecule has 3 nitrogen and oxygen atoms in total. The predicted octanol–water partition coefficient (Wildman–Crippen LogP) is 2.57. The van der Waals surface area contributed by atoms with Crippen molar-refractivity contribution in [3.05, 3.63) is 0 Å².